The molecule has 5 heteroatoms. The van der Waals surface area contributed by atoms with Crippen molar-refractivity contribution in [1.82, 2.24) is 14.9 Å². The smallest absolute Gasteiger partial charge is 0.222 e. The minimum atomic E-state index is 0.0471. The second-order valence-corrected chi connectivity index (χ2v) is 8.60. The lowest BCUT2D eigenvalue weighted by Crippen LogP contribution is -2.28. The van der Waals surface area contributed by atoms with Crippen molar-refractivity contribution >= 4 is 16.9 Å². The molecule has 1 amide bonds. The van der Waals surface area contributed by atoms with Crippen molar-refractivity contribution in [2.45, 2.75) is 59.9 Å². The largest absolute Gasteiger partial charge is 0.492 e. The Morgan fingerprint density at radius 3 is 2.55 bits per heavy atom. The molecule has 0 saturated heterocycles. The van der Waals surface area contributed by atoms with Crippen LogP contribution in [0.5, 0.6) is 5.75 Å². The molecule has 0 spiro atoms. The number of unbranched alkanes of at least 4 members (excludes halogenated alkanes) is 2. The number of aryl methyl sites for hydroxylation is 3. The van der Waals surface area contributed by atoms with E-state index in [0.717, 1.165) is 61.4 Å². The zero-order valence-corrected chi connectivity index (χ0v) is 19.3. The molecular weight excluding hydrogens is 386 g/mol. The van der Waals surface area contributed by atoms with Crippen LogP contribution in [0.1, 0.15) is 50.1 Å². The van der Waals surface area contributed by atoms with Crippen molar-refractivity contribution in [2.75, 3.05) is 13.2 Å². The van der Waals surface area contributed by atoms with Crippen molar-refractivity contribution < 1.29 is 9.53 Å². The van der Waals surface area contributed by atoms with Gasteiger partial charge in [0.05, 0.1) is 17.6 Å². The van der Waals surface area contributed by atoms with Gasteiger partial charge < -0.3 is 14.6 Å². The molecule has 3 rings (SSSR count). The Labute approximate surface area is 185 Å². The van der Waals surface area contributed by atoms with Crippen LogP contribution in [-0.4, -0.2) is 28.6 Å². The fourth-order valence-electron chi connectivity index (χ4n) is 3.84. The van der Waals surface area contributed by atoms with Crippen LogP contribution in [0, 0.1) is 19.8 Å². The van der Waals surface area contributed by atoms with Gasteiger partial charge in [0.2, 0.25) is 5.91 Å². The highest BCUT2D eigenvalue weighted by molar-refractivity contribution is 5.77. The number of nitrogens with one attached hydrogen (secondary N) is 1. The number of carbonyl (C=O) groups excluding carboxylic acids is 1. The van der Waals surface area contributed by atoms with E-state index in [9.17, 15) is 4.79 Å². The zero-order chi connectivity index (χ0) is 22.2. The van der Waals surface area contributed by atoms with Gasteiger partial charge >= 0.3 is 0 Å². The van der Waals surface area contributed by atoms with E-state index in [1.54, 1.807) is 0 Å². The predicted octanol–water partition coefficient (Wildman–Crippen LogP) is 5.22. The first kappa shape index (κ1) is 22.9. The number of rotatable bonds is 11. The molecular formula is C26H35N3O2. The summed E-state index contributed by atoms with van der Waals surface area (Å²) in [6.07, 6.45) is 4.05. The molecule has 166 valence electrons. The van der Waals surface area contributed by atoms with E-state index in [-0.39, 0.29) is 11.8 Å². The molecule has 0 aliphatic heterocycles. The quantitative estimate of drug-likeness (QED) is 0.432. The lowest BCUT2D eigenvalue weighted by Gasteiger charge is -2.12. The van der Waals surface area contributed by atoms with Crippen molar-refractivity contribution in [3.8, 4) is 5.75 Å². The highest BCUT2D eigenvalue weighted by atomic mass is 16.5. The number of ether oxygens (including phenoxy) is 1. The molecule has 0 bridgehead atoms. The number of nitrogens with zero attached hydrogens (tertiary/aromatic N) is 2. The standard InChI is InChI=1S/C26H35N3O2/c1-19(2)26(30)27-13-9-5-6-12-25-28-23-10-7-8-11-24(23)29(25)14-15-31-22-17-20(3)16-21(4)18-22/h7-8,10-11,16-19H,5-6,9,12-15H2,1-4H3,(H,27,30). The fraction of sp³-hybridized carbons (Fsp3) is 0.462. The highest BCUT2D eigenvalue weighted by Gasteiger charge is 2.11. The van der Waals surface area contributed by atoms with Gasteiger partial charge in [-0.2, -0.15) is 0 Å². The average molecular weight is 422 g/mol. The number of hydrogen-bond acceptors (Lipinski definition) is 3. The van der Waals surface area contributed by atoms with Crippen molar-refractivity contribution in [3.05, 3.63) is 59.4 Å². The number of imidazole rings is 1. The molecule has 0 unspecified atom stereocenters. The summed E-state index contributed by atoms with van der Waals surface area (Å²) in [5, 5.41) is 2.99. The normalized spacial score (nSPS) is 11.3. The number of amides is 1. The second-order valence-electron chi connectivity index (χ2n) is 8.60. The first-order valence-electron chi connectivity index (χ1n) is 11.4. The van der Waals surface area contributed by atoms with E-state index >= 15 is 0 Å². The summed E-state index contributed by atoms with van der Waals surface area (Å²) in [7, 11) is 0. The number of fused-ring (bicyclic) bond motifs is 1. The van der Waals surface area contributed by atoms with Gasteiger partial charge in [-0.15, -0.1) is 0 Å². The van der Waals surface area contributed by atoms with Gasteiger partial charge in [-0.05, 0) is 62.1 Å². The summed E-state index contributed by atoms with van der Waals surface area (Å²) in [4.78, 5) is 16.5. The molecule has 0 fully saturated rings. The third kappa shape index (κ3) is 6.58. The lowest BCUT2D eigenvalue weighted by atomic mass is 10.1. The maximum absolute atomic E-state index is 11.6. The third-order valence-electron chi connectivity index (χ3n) is 5.41. The van der Waals surface area contributed by atoms with Gasteiger partial charge in [0.15, 0.2) is 0 Å². The summed E-state index contributed by atoms with van der Waals surface area (Å²) in [5.74, 6) is 2.21. The molecule has 0 aliphatic carbocycles. The van der Waals surface area contributed by atoms with E-state index in [1.165, 1.54) is 11.1 Å². The van der Waals surface area contributed by atoms with Crippen molar-refractivity contribution in [3.63, 3.8) is 0 Å². The van der Waals surface area contributed by atoms with E-state index in [4.69, 9.17) is 9.72 Å². The Hall–Kier alpha value is -2.82. The molecule has 0 saturated carbocycles. The Bertz CT molecular complexity index is 987. The van der Waals surface area contributed by atoms with Crippen LogP contribution in [0.15, 0.2) is 42.5 Å². The predicted molar refractivity (Wildman–Crippen MR) is 127 cm³/mol. The summed E-state index contributed by atoms with van der Waals surface area (Å²) in [5.41, 5.74) is 4.63. The van der Waals surface area contributed by atoms with Gasteiger partial charge in [-0.1, -0.05) is 38.5 Å². The Morgan fingerprint density at radius 1 is 1.06 bits per heavy atom. The van der Waals surface area contributed by atoms with Crippen molar-refractivity contribution in [2.24, 2.45) is 5.92 Å². The first-order valence-corrected chi connectivity index (χ1v) is 11.4. The average Bonchev–Trinajstić information content (AvgIpc) is 3.07. The molecule has 3 aromatic rings. The van der Waals surface area contributed by atoms with Crippen LogP contribution >= 0.6 is 0 Å². The molecule has 0 aliphatic rings. The molecule has 2 aromatic carbocycles. The summed E-state index contributed by atoms with van der Waals surface area (Å²) in [6, 6.07) is 14.6. The van der Waals surface area contributed by atoms with Gasteiger partial charge in [0.1, 0.15) is 18.2 Å². The third-order valence-corrected chi connectivity index (χ3v) is 5.41. The Kier molecular flexibility index (Phi) is 8.10. The SMILES string of the molecule is Cc1cc(C)cc(OCCn2c(CCCCCNC(=O)C(C)C)nc3ccccc32)c1. The maximum Gasteiger partial charge on any atom is 0.222 e. The molecule has 31 heavy (non-hydrogen) atoms. The molecule has 1 N–H and O–H groups in total. The molecule has 5 nitrogen and oxygen atoms in total. The van der Waals surface area contributed by atoms with E-state index in [0.29, 0.717) is 6.61 Å². The Balaban J connectivity index is 1.56. The molecule has 1 heterocycles. The van der Waals surface area contributed by atoms with Gasteiger partial charge in [0.25, 0.3) is 0 Å². The first-order chi connectivity index (χ1) is 14.9. The highest BCUT2D eigenvalue weighted by Crippen LogP contribution is 2.19. The van der Waals surface area contributed by atoms with Gasteiger partial charge in [0, 0.05) is 18.9 Å². The van der Waals surface area contributed by atoms with Gasteiger partial charge in [-0.3, -0.25) is 4.79 Å². The molecule has 1 aromatic heterocycles. The summed E-state index contributed by atoms with van der Waals surface area (Å²) >= 11 is 0. The van der Waals surface area contributed by atoms with E-state index < -0.39 is 0 Å². The van der Waals surface area contributed by atoms with Crippen LogP contribution in [0.25, 0.3) is 11.0 Å². The Morgan fingerprint density at radius 2 is 1.81 bits per heavy atom. The molecule has 0 radical (unpaired) electrons. The van der Waals surface area contributed by atoms with E-state index in [2.05, 4.69) is 60.1 Å². The monoisotopic (exact) mass is 421 g/mol. The number of carbonyl (C=O) groups is 1. The van der Waals surface area contributed by atoms with Crippen LogP contribution in [0.2, 0.25) is 0 Å². The number of hydrogen-bond donors (Lipinski definition) is 1. The zero-order valence-electron chi connectivity index (χ0n) is 19.3. The summed E-state index contributed by atoms with van der Waals surface area (Å²) in [6.45, 7) is 10.2. The minimum Gasteiger partial charge on any atom is -0.492 e. The van der Waals surface area contributed by atoms with Crippen LogP contribution in [0.3, 0.4) is 0 Å². The van der Waals surface area contributed by atoms with Crippen LogP contribution < -0.4 is 10.1 Å². The summed E-state index contributed by atoms with van der Waals surface area (Å²) < 4.78 is 8.35. The van der Waals surface area contributed by atoms with Gasteiger partial charge in [-0.25, -0.2) is 4.98 Å². The minimum absolute atomic E-state index is 0.0471. The molecule has 0 atom stereocenters. The number of benzene rings is 2. The van der Waals surface area contributed by atoms with Crippen molar-refractivity contribution in [1.29, 1.82) is 0 Å². The lowest BCUT2D eigenvalue weighted by molar-refractivity contribution is -0.123. The topological polar surface area (TPSA) is 56.1 Å². The van der Waals surface area contributed by atoms with Crippen LogP contribution in [-0.2, 0) is 17.8 Å². The number of aromatic nitrogens is 2. The maximum atomic E-state index is 11.6. The fourth-order valence-corrected chi connectivity index (χ4v) is 3.84. The second kappa shape index (κ2) is 11.0. The van der Waals surface area contributed by atoms with Crippen LogP contribution in [0.4, 0.5) is 0 Å². The van der Waals surface area contributed by atoms with E-state index in [1.807, 2.05) is 19.9 Å². The number of para-hydroxylation sites is 2.